The number of rotatable bonds is 6. The molecular formula is C20H25ClFN7O2. The molecule has 1 amide bonds. The van der Waals surface area contributed by atoms with Gasteiger partial charge in [-0.2, -0.15) is 4.98 Å². The van der Waals surface area contributed by atoms with Crippen LogP contribution in [0.1, 0.15) is 34.9 Å². The number of nitrogens with zero attached hydrogens (tertiary/aromatic N) is 6. The maximum atomic E-state index is 13.7. The van der Waals surface area contributed by atoms with E-state index in [9.17, 15) is 9.18 Å². The van der Waals surface area contributed by atoms with Crippen LogP contribution in [0.4, 0.5) is 4.39 Å². The maximum absolute atomic E-state index is 13.7. The molecule has 3 heterocycles. The van der Waals surface area contributed by atoms with E-state index in [1.165, 1.54) is 17.0 Å². The van der Waals surface area contributed by atoms with E-state index in [1.807, 2.05) is 21.0 Å². The highest BCUT2D eigenvalue weighted by Crippen LogP contribution is 2.30. The van der Waals surface area contributed by atoms with Gasteiger partial charge in [-0.1, -0.05) is 5.16 Å². The summed E-state index contributed by atoms with van der Waals surface area (Å²) < 4.78 is 21.0. The zero-order chi connectivity index (χ0) is 21.4. The first kappa shape index (κ1) is 22.9. The van der Waals surface area contributed by atoms with E-state index in [-0.39, 0.29) is 36.5 Å². The van der Waals surface area contributed by atoms with Gasteiger partial charge >= 0.3 is 0 Å². The lowest BCUT2D eigenvalue weighted by molar-refractivity contribution is 0.0787. The fourth-order valence-corrected chi connectivity index (χ4v) is 3.41. The van der Waals surface area contributed by atoms with E-state index in [2.05, 4.69) is 25.3 Å². The number of hydrogen-bond donors (Lipinski definition) is 1. The molecule has 9 nitrogen and oxygen atoms in total. The van der Waals surface area contributed by atoms with E-state index in [0.29, 0.717) is 23.1 Å². The molecule has 0 radical (unpaired) electrons. The summed E-state index contributed by atoms with van der Waals surface area (Å²) in [6, 6.07) is 4.04. The van der Waals surface area contributed by atoms with Crippen LogP contribution in [0, 0.1) is 5.82 Å². The van der Waals surface area contributed by atoms with Gasteiger partial charge in [-0.05, 0) is 39.2 Å². The van der Waals surface area contributed by atoms with Crippen LogP contribution in [0.5, 0.6) is 0 Å². The number of nitrogens with one attached hydrogen (secondary N) is 1. The highest BCUT2D eigenvalue weighted by molar-refractivity contribution is 5.98. The molecule has 1 aliphatic rings. The van der Waals surface area contributed by atoms with Crippen molar-refractivity contribution in [3.63, 3.8) is 0 Å². The van der Waals surface area contributed by atoms with Crippen molar-refractivity contribution in [2.24, 2.45) is 0 Å². The van der Waals surface area contributed by atoms with Crippen molar-refractivity contribution in [2.45, 2.75) is 19.5 Å². The molecular weight excluding hydrogens is 425 g/mol. The second kappa shape index (κ2) is 9.13. The number of fused-ring (bicyclic) bond motifs is 3. The van der Waals surface area contributed by atoms with Gasteiger partial charge < -0.3 is 19.6 Å². The molecule has 1 N–H and O–H groups in total. The summed E-state index contributed by atoms with van der Waals surface area (Å²) in [6.07, 6.45) is 1.60. The molecule has 31 heavy (non-hydrogen) atoms. The molecule has 1 atom stereocenters. The number of hydrogen-bond acceptors (Lipinski definition) is 7. The van der Waals surface area contributed by atoms with Gasteiger partial charge in [0.15, 0.2) is 0 Å². The zero-order valence-corrected chi connectivity index (χ0v) is 18.6. The molecule has 1 unspecified atom stereocenters. The average Bonchev–Trinajstić information content (AvgIpc) is 3.32. The van der Waals surface area contributed by atoms with Crippen LogP contribution in [0.3, 0.4) is 0 Å². The van der Waals surface area contributed by atoms with Crippen molar-refractivity contribution in [3.8, 4) is 17.2 Å². The molecule has 11 heteroatoms. The number of halogens is 2. The molecule has 0 saturated carbocycles. The minimum Gasteiger partial charge on any atom is -0.337 e. The third-order valence-electron chi connectivity index (χ3n) is 5.08. The molecule has 1 aliphatic heterocycles. The second-order valence-electron chi connectivity index (χ2n) is 7.67. The van der Waals surface area contributed by atoms with Crippen LogP contribution < -0.4 is 5.32 Å². The highest BCUT2D eigenvalue weighted by atomic mass is 35.5. The first-order valence-electron chi connectivity index (χ1n) is 9.69. The first-order chi connectivity index (χ1) is 14.3. The fraction of sp³-hybridized carbons (Fsp3) is 0.400. The van der Waals surface area contributed by atoms with Crippen molar-refractivity contribution in [1.82, 2.24) is 34.8 Å². The zero-order valence-electron chi connectivity index (χ0n) is 17.8. The van der Waals surface area contributed by atoms with Gasteiger partial charge in [-0.3, -0.25) is 9.36 Å². The Morgan fingerprint density at radius 2 is 2.13 bits per heavy atom. The van der Waals surface area contributed by atoms with E-state index < -0.39 is 5.82 Å². The van der Waals surface area contributed by atoms with Crippen molar-refractivity contribution in [1.29, 1.82) is 0 Å². The summed E-state index contributed by atoms with van der Waals surface area (Å²) in [5.74, 6) is 0.0990. The molecule has 1 aromatic carbocycles. The Balaban J connectivity index is 0.00000272. The molecule has 2 aromatic heterocycles. The summed E-state index contributed by atoms with van der Waals surface area (Å²) in [4.78, 5) is 25.3. The van der Waals surface area contributed by atoms with Gasteiger partial charge in [0.1, 0.15) is 17.8 Å². The third-order valence-corrected chi connectivity index (χ3v) is 5.08. The van der Waals surface area contributed by atoms with Crippen molar-refractivity contribution in [3.05, 3.63) is 47.5 Å². The van der Waals surface area contributed by atoms with Crippen LogP contribution >= 0.6 is 12.4 Å². The van der Waals surface area contributed by atoms with Crippen LogP contribution in [0.25, 0.3) is 17.2 Å². The van der Waals surface area contributed by atoms with Gasteiger partial charge in [0.05, 0.1) is 29.5 Å². The molecule has 0 spiro atoms. The number of imidazole rings is 1. The quantitative estimate of drug-likeness (QED) is 0.617. The Kier molecular flexibility index (Phi) is 6.73. The Hall–Kier alpha value is -2.82. The van der Waals surface area contributed by atoms with E-state index >= 15 is 0 Å². The predicted molar refractivity (Wildman–Crippen MR) is 115 cm³/mol. The van der Waals surface area contributed by atoms with E-state index in [1.54, 1.807) is 24.0 Å². The lowest BCUT2D eigenvalue weighted by atomic mass is 10.1. The van der Waals surface area contributed by atoms with E-state index in [0.717, 1.165) is 18.8 Å². The Bertz CT molecular complexity index is 1080. The molecule has 166 valence electrons. The van der Waals surface area contributed by atoms with Gasteiger partial charge in [0.2, 0.25) is 11.7 Å². The summed E-state index contributed by atoms with van der Waals surface area (Å²) in [5.41, 5.74) is 2.12. The first-order valence-corrected chi connectivity index (χ1v) is 9.69. The summed E-state index contributed by atoms with van der Waals surface area (Å²) in [7, 11) is 5.69. The molecule has 4 rings (SSSR count). The topological polar surface area (TPSA) is 92.3 Å². The Labute approximate surface area is 185 Å². The lowest BCUT2D eigenvalue weighted by Crippen LogP contribution is -2.28. The molecule has 0 saturated heterocycles. The molecule has 0 aliphatic carbocycles. The van der Waals surface area contributed by atoms with Crippen molar-refractivity contribution < 1.29 is 13.7 Å². The number of carbonyl (C=O) groups is 1. The van der Waals surface area contributed by atoms with Crippen LogP contribution in [0.2, 0.25) is 0 Å². The number of likely N-dealkylation sites (N-methyl/N-ethyl adjacent to an activating group) is 1. The predicted octanol–water partition coefficient (Wildman–Crippen LogP) is 2.28. The summed E-state index contributed by atoms with van der Waals surface area (Å²) >= 11 is 0. The smallest absolute Gasteiger partial charge is 0.256 e. The number of amides is 1. The maximum Gasteiger partial charge on any atom is 0.256 e. The molecule has 0 bridgehead atoms. The normalized spacial score (nSPS) is 14.1. The number of carbonyl (C=O) groups excluding carboxylic acids is 1. The average molecular weight is 450 g/mol. The SMILES string of the molecule is CC(NCCN(C)C)c1nc(-c2ncn3c2CN(C)C(=O)c2cc(F)ccc2-3)no1.Cl. The minimum absolute atomic E-state index is 0. The minimum atomic E-state index is -0.460. The summed E-state index contributed by atoms with van der Waals surface area (Å²) in [5, 5.41) is 7.44. The second-order valence-corrected chi connectivity index (χ2v) is 7.67. The standard InChI is InChI=1S/C20H24FN7O2.ClH/c1-12(22-7-8-26(2)3)19-24-18(25-30-19)17-16-10-27(4)20(29)14-9-13(21)5-6-15(14)28(16)11-23-17;/h5-6,9,11-12,22H,7-8,10H2,1-4H3;1H. The molecule has 3 aromatic rings. The van der Waals surface area contributed by atoms with Gasteiger partial charge in [0, 0.05) is 20.1 Å². The Morgan fingerprint density at radius 3 is 2.87 bits per heavy atom. The third kappa shape index (κ3) is 4.46. The molecule has 0 fully saturated rings. The summed E-state index contributed by atoms with van der Waals surface area (Å²) in [6.45, 7) is 3.91. The van der Waals surface area contributed by atoms with Crippen molar-refractivity contribution in [2.75, 3.05) is 34.2 Å². The van der Waals surface area contributed by atoms with Gasteiger partial charge in [-0.25, -0.2) is 9.37 Å². The largest absolute Gasteiger partial charge is 0.337 e. The van der Waals surface area contributed by atoms with Crippen LogP contribution in [-0.2, 0) is 6.54 Å². The fourth-order valence-electron chi connectivity index (χ4n) is 3.41. The highest BCUT2D eigenvalue weighted by Gasteiger charge is 2.29. The number of benzene rings is 1. The monoisotopic (exact) mass is 449 g/mol. The van der Waals surface area contributed by atoms with Gasteiger partial charge in [-0.15, -0.1) is 12.4 Å². The lowest BCUT2D eigenvalue weighted by Gasteiger charge is -2.14. The van der Waals surface area contributed by atoms with Crippen LogP contribution in [0.15, 0.2) is 29.0 Å². The van der Waals surface area contributed by atoms with E-state index in [4.69, 9.17) is 4.52 Å². The number of aromatic nitrogens is 4. The Morgan fingerprint density at radius 1 is 1.35 bits per heavy atom. The van der Waals surface area contributed by atoms with Gasteiger partial charge in [0.25, 0.3) is 5.91 Å². The van der Waals surface area contributed by atoms with Crippen molar-refractivity contribution >= 4 is 18.3 Å². The van der Waals surface area contributed by atoms with Crippen LogP contribution in [-0.4, -0.2) is 69.6 Å².